The van der Waals surface area contributed by atoms with Crippen LogP contribution in [0.4, 0.5) is 14.9 Å². The Labute approximate surface area is 124 Å². The number of aromatic carboxylic acids is 1. The van der Waals surface area contributed by atoms with Gasteiger partial charge in [0.25, 0.3) is 0 Å². The van der Waals surface area contributed by atoms with E-state index in [1.54, 1.807) is 0 Å². The summed E-state index contributed by atoms with van der Waals surface area (Å²) in [6.45, 7) is 2.21. The lowest BCUT2D eigenvalue weighted by Crippen LogP contribution is -2.29. The number of carboxylic acid groups (broad SMARTS) is 1. The molecule has 1 aromatic carbocycles. The third-order valence-electron chi connectivity index (χ3n) is 2.88. The molecule has 0 atom stereocenters. The Morgan fingerprint density at radius 3 is 2.71 bits per heavy atom. The molecule has 1 aromatic heterocycles. The molecule has 0 spiro atoms. The van der Waals surface area contributed by atoms with Crippen molar-refractivity contribution in [1.29, 1.82) is 0 Å². The summed E-state index contributed by atoms with van der Waals surface area (Å²) < 4.78 is 13.6. The molecule has 2 aromatic rings. The maximum absolute atomic E-state index is 13.6. The van der Waals surface area contributed by atoms with Crippen molar-refractivity contribution < 1.29 is 19.1 Å². The Kier molecular flexibility index (Phi) is 4.54. The molecule has 0 radical (unpaired) electrons. The largest absolute Gasteiger partial charge is 0.478 e. The second-order valence-electron chi connectivity index (χ2n) is 4.36. The first-order valence-corrected chi connectivity index (χ1v) is 7.01. The van der Waals surface area contributed by atoms with E-state index in [-0.39, 0.29) is 17.8 Å². The van der Waals surface area contributed by atoms with Gasteiger partial charge in [-0.2, -0.15) is 11.3 Å². The summed E-state index contributed by atoms with van der Waals surface area (Å²) in [5.41, 5.74) is 1.38. The van der Waals surface area contributed by atoms with Crippen molar-refractivity contribution >= 4 is 29.0 Å². The average Bonchev–Trinajstić information content (AvgIpc) is 2.84. The number of thiophene rings is 1. The van der Waals surface area contributed by atoms with Crippen molar-refractivity contribution in [2.45, 2.75) is 13.5 Å². The van der Waals surface area contributed by atoms with Gasteiger partial charge in [0.2, 0.25) is 0 Å². The molecule has 5 nitrogen and oxygen atoms in total. The van der Waals surface area contributed by atoms with E-state index in [0.29, 0.717) is 0 Å². The summed E-state index contributed by atoms with van der Waals surface area (Å²) in [5.74, 6) is -2.10. The summed E-state index contributed by atoms with van der Waals surface area (Å²) in [4.78, 5) is 22.8. The van der Waals surface area contributed by atoms with Crippen LogP contribution in [0.1, 0.15) is 21.5 Å². The summed E-state index contributed by atoms with van der Waals surface area (Å²) in [6, 6.07) is 2.93. The number of aryl methyl sites for hydroxylation is 1. The smallest absolute Gasteiger partial charge is 0.337 e. The number of para-hydroxylation sites is 1. The van der Waals surface area contributed by atoms with Crippen molar-refractivity contribution in [2.75, 3.05) is 5.32 Å². The minimum atomic E-state index is -1.31. The van der Waals surface area contributed by atoms with Crippen LogP contribution in [0.3, 0.4) is 0 Å². The number of amides is 2. The average molecular weight is 308 g/mol. The first-order chi connectivity index (χ1) is 9.99. The third kappa shape index (κ3) is 3.57. The van der Waals surface area contributed by atoms with Gasteiger partial charge >= 0.3 is 12.0 Å². The van der Waals surface area contributed by atoms with Gasteiger partial charge in [-0.05, 0) is 40.9 Å². The molecule has 110 valence electrons. The molecule has 0 saturated carbocycles. The highest BCUT2D eigenvalue weighted by atomic mass is 32.1. The van der Waals surface area contributed by atoms with E-state index in [1.807, 2.05) is 17.7 Å². The zero-order valence-electron chi connectivity index (χ0n) is 11.1. The van der Waals surface area contributed by atoms with Crippen molar-refractivity contribution in [2.24, 2.45) is 0 Å². The molecule has 3 N–H and O–H groups in total. The van der Waals surface area contributed by atoms with Gasteiger partial charge in [0, 0.05) is 6.54 Å². The van der Waals surface area contributed by atoms with Crippen LogP contribution in [0.25, 0.3) is 0 Å². The van der Waals surface area contributed by atoms with Gasteiger partial charge in [-0.1, -0.05) is 6.07 Å². The van der Waals surface area contributed by atoms with Gasteiger partial charge in [-0.3, -0.25) is 0 Å². The van der Waals surface area contributed by atoms with Gasteiger partial charge in [-0.15, -0.1) is 0 Å². The van der Waals surface area contributed by atoms with E-state index in [9.17, 15) is 14.0 Å². The van der Waals surface area contributed by atoms with Crippen LogP contribution in [0.2, 0.25) is 0 Å². The molecule has 0 aliphatic heterocycles. The van der Waals surface area contributed by atoms with E-state index >= 15 is 0 Å². The monoisotopic (exact) mass is 308 g/mol. The summed E-state index contributed by atoms with van der Waals surface area (Å²) in [6.07, 6.45) is 0. The molecular weight excluding hydrogens is 295 g/mol. The number of hydrogen-bond donors (Lipinski definition) is 3. The molecule has 0 bridgehead atoms. The molecule has 0 saturated heterocycles. The minimum absolute atomic E-state index is 0.290. The number of anilines is 1. The topological polar surface area (TPSA) is 78.4 Å². The summed E-state index contributed by atoms with van der Waals surface area (Å²) in [5, 5.41) is 17.6. The van der Waals surface area contributed by atoms with Crippen LogP contribution in [-0.2, 0) is 6.54 Å². The molecule has 0 aliphatic carbocycles. The maximum atomic E-state index is 13.6. The second-order valence-corrected chi connectivity index (χ2v) is 5.10. The van der Waals surface area contributed by atoms with Crippen molar-refractivity contribution in [3.05, 3.63) is 51.5 Å². The van der Waals surface area contributed by atoms with Crippen LogP contribution in [-0.4, -0.2) is 17.1 Å². The van der Waals surface area contributed by atoms with Crippen molar-refractivity contribution in [3.8, 4) is 0 Å². The van der Waals surface area contributed by atoms with Gasteiger partial charge in [-0.25, -0.2) is 14.0 Å². The normalized spacial score (nSPS) is 10.2. The standard InChI is InChI=1S/C14H13FN2O3S/c1-8-6-21-7-9(8)5-16-14(20)17-12-10(13(18)19)3-2-4-11(12)15/h2-4,6-7H,5H2,1H3,(H,18,19)(H2,16,17,20). The molecule has 0 aliphatic rings. The zero-order valence-corrected chi connectivity index (χ0v) is 12.0. The zero-order chi connectivity index (χ0) is 15.4. The molecule has 2 rings (SSSR count). The molecular formula is C14H13FN2O3S. The number of halogens is 1. The first-order valence-electron chi connectivity index (χ1n) is 6.07. The Morgan fingerprint density at radius 2 is 2.10 bits per heavy atom. The highest BCUT2D eigenvalue weighted by Crippen LogP contribution is 2.20. The van der Waals surface area contributed by atoms with E-state index < -0.39 is 17.8 Å². The molecule has 0 unspecified atom stereocenters. The fourth-order valence-corrected chi connectivity index (χ4v) is 2.59. The number of carboxylic acids is 1. The Morgan fingerprint density at radius 1 is 1.33 bits per heavy atom. The van der Waals surface area contributed by atoms with E-state index in [2.05, 4.69) is 10.6 Å². The Hall–Kier alpha value is -2.41. The van der Waals surface area contributed by atoms with Gasteiger partial charge in [0.05, 0.1) is 11.3 Å². The Bertz CT molecular complexity index is 685. The predicted molar refractivity (Wildman–Crippen MR) is 78.3 cm³/mol. The van der Waals surface area contributed by atoms with Crippen LogP contribution in [0.5, 0.6) is 0 Å². The van der Waals surface area contributed by atoms with Crippen LogP contribution in [0, 0.1) is 12.7 Å². The fourth-order valence-electron chi connectivity index (χ4n) is 1.73. The van der Waals surface area contributed by atoms with E-state index in [0.717, 1.165) is 17.2 Å². The van der Waals surface area contributed by atoms with E-state index in [4.69, 9.17) is 5.11 Å². The molecule has 2 amide bonds. The van der Waals surface area contributed by atoms with Crippen molar-refractivity contribution in [1.82, 2.24) is 5.32 Å². The SMILES string of the molecule is Cc1cscc1CNC(=O)Nc1c(F)cccc1C(=O)O. The van der Waals surface area contributed by atoms with Gasteiger partial charge < -0.3 is 15.7 Å². The first kappa shape index (κ1) is 15.0. The van der Waals surface area contributed by atoms with Crippen molar-refractivity contribution in [3.63, 3.8) is 0 Å². The minimum Gasteiger partial charge on any atom is -0.478 e. The Balaban J connectivity index is 2.06. The predicted octanol–water partition coefficient (Wildman–Crippen LogP) is 3.22. The molecule has 21 heavy (non-hydrogen) atoms. The number of benzene rings is 1. The number of carbonyl (C=O) groups excluding carboxylic acids is 1. The van der Waals surface area contributed by atoms with Gasteiger partial charge in [0.1, 0.15) is 5.82 Å². The maximum Gasteiger partial charge on any atom is 0.337 e. The van der Waals surface area contributed by atoms with Crippen LogP contribution < -0.4 is 10.6 Å². The molecule has 0 fully saturated rings. The number of urea groups is 1. The van der Waals surface area contributed by atoms with E-state index in [1.165, 1.54) is 23.5 Å². The number of nitrogens with one attached hydrogen (secondary N) is 2. The lowest BCUT2D eigenvalue weighted by atomic mass is 10.1. The quantitative estimate of drug-likeness (QED) is 0.811. The lowest BCUT2D eigenvalue weighted by Gasteiger charge is -2.10. The van der Waals surface area contributed by atoms with Gasteiger partial charge in [0.15, 0.2) is 0 Å². The number of rotatable bonds is 4. The fraction of sp³-hybridized carbons (Fsp3) is 0.143. The molecule has 1 heterocycles. The third-order valence-corrected chi connectivity index (χ3v) is 3.79. The highest BCUT2D eigenvalue weighted by molar-refractivity contribution is 7.08. The highest BCUT2D eigenvalue weighted by Gasteiger charge is 2.16. The number of carbonyl (C=O) groups is 2. The lowest BCUT2D eigenvalue weighted by molar-refractivity contribution is 0.0697. The molecule has 7 heteroatoms. The van der Waals surface area contributed by atoms with Crippen LogP contribution in [0.15, 0.2) is 29.0 Å². The van der Waals surface area contributed by atoms with Crippen LogP contribution >= 0.6 is 11.3 Å². The summed E-state index contributed by atoms with van der Waals surface area (Å²) in [7, 11) is 0. The summed E-state index contributed by atoms with van der Waals surface area (Å²) >= 11 is 1.52. The number of hydrogen-bond acceptors (Lipinski definition) is 3. The second kappa shape index (κ2) is 6.36.